The van der Waals surface area contributed by atoms with E-state index in [0.29, 0.717) is 0 Å². The summed E-state index contributed by atoms with van der Waals surface area (Å²) in [6.07, 6.45) is 0.755. The Morgan fingerprint density at radius 1 is 1.21 bits per heavy atom. The molecule has 0 aliphatic rings. The summed E-state index contributed by atoms with van der Waals surface area (Å²) < 4.78 is 4.93. The quantitative estimate of drug-likeness (QED) is 0.489. The van der Waals surface area contributed by atoms with E-state index in [-0.39, 0.29) is 16.7 Å². The number of carbonyl (C=O) groups excluding carboxylic acids is 2. The first-order valence-corrected chi connectivity index (χ1v) is 7.62. The lowest BCUT2D eigenvalue weighted by Gasteiger charge is -2.33. The van der Waals surface area contributed by atoms with Crippen molar-refractivity contribution in [1.82, 2.24) is 5.32 Å². The largest absolute Gasteiger partial charge is 0.452 e. The summed E-state index contributed by atoms with van der Waals surface area (Å²) in [6, 6.07) is 5.18. The number of hydrogen-bond donors (Lipinski definition) is 1. The van der Waals surface area contributed by atoms with Gasteiger partial charge in [-0.05, 0) is 31.7 Å². The number of nitrogens with one attached hydrogen (secondary N) is 1. The number of esters is 1. The van der Waals surface area contributed by atoms with Gasteiger partial charge in [0.05, 0.1) is 10.5 Å². The van der Waals surface area contributed by atoms with Gasteiger partial charge in [0.25, 0.3) is 11.6 Å². The highest BCUT2D eigenvalue weighted by Crippen LogP contribution is 2.26. The smallest absolute Gasteiger partial charge is 0.338 e. The molecule has 0 saturated heterocycles. The first-order valence-electron chi connectivity index (χ1n) is 7.62. The van der Waals surface area contributed by atoms with Gasteiger partial charge in [-0.1, -0.05) is 26.8 Å². The van der Waals surface area contributed by atoms with Crippen LogP contribution in [0.25, 0.3) is 0 Å². The summed E-state index contributed by atoms with van der Waals surface area (Å²) in [5.41, 5.74) is -0.574. The number of non-ortho nitro benzene ring substituents is 1. The average Bonchev–Trinajstić information content (AvgIpc) is 2.41. The molecule has 0 aromatic heterocycles. The minimum Gasteiger partial charge on any atom is -0.452 e. The lowest BCUT2D eigenvalue weighted by molar-refractivity contribution is -0.384. The maximum Gasteiger partial charge on any atom is 0.338 e. The van der Waals surface area contributed by atoms with Crippen molar-refractivity contribution in [1.29, 1.82) is 0 Å². The molecule has 1 N–H and O–H groups in total. The number of ether oxygens (including phenoxy) is 1. The monoisotopic (exact) mass is 336 g/mol. The Balaban J connectivity index is 2.59. The van der Waals surface area contributed by atoms with Gasteiger partial charge in [0, 0.05) is 17.7 Å². The fourth-order valence-electron chi connectivity index (χ4n) is 2.74. The number of hydrogen-bond acceptors (Lipinski definition) is 5. The van der Waals surface area contributed by atoms with Crippen molar-refractivity contribution in [2.24, 2.45) is 5.41 Å². The average molecular weight is 336 g/mol. The molecular formula is C17H24N2O5. The lowest BCUT2D eigenvalue weighted by Crippen LogP contribution is -2.47. The second-order valence-corrected chi connectivity index (χ2v) is 7.55. The van der Waals surface area contributed by atoms with Crippen molar-refractivity contribution in [3.05, 3.63) is 39.9 Å². The van der Waals surface area contributed by atoms with Crippen molar-refractivity contribution in [3.8, 4) is 0 Å². The predicted octanol–water partition coefficient (Wildman–Crippen LogP) is 3.08. The number of benzene rings is 1. The van der Waals surface area contributed by atoms with Gasteiger partial charge in [-0.15, -0.1) is 0 Å². The molecule has 0 atom stereocenters. The van der Waals surface area contributed by atoms with Crippen LogP contribution >= 0.6 is 0 Å². The van der Waals surface area contributed by atoms with Crippen LogP contribution in [0, 0.1) is 15.5 Å². The van der Waals surface area contributed by atoms with Crippen LogP contribution in [-0.4, -0.2) is 28.9 Å². The summed E-state index contributed by atoms with van der Waals surface area (Å²) in [7, 11) is 0. The minimum atomic E-state index is -0.775. The second kappa shape index (κ2) is 7.42. The number of rotatable bonds is 6. The van der Waals surface area contributed by atoms with E-state index in [0.717, 1.165) is 12.5 Å². The molecule has 0 aliphatic heterocycles. The van der Waals surface area contributed by atoms with Crippen LogP contribution in [0.5, 0.6) is 0 Å². The molecule has 7 nitrogen and oxygen atoms in total. The van der Waals surface area contributed by atoms with Crippen LogP contribution in [0.15, 0.2) is 24.3 Å². The maximum absolute atomic E-state index is 12.0. The van der Waals surface area contributed by atoms with Gasteiger partial charge < -0.3 is 10.1 Å². The normalized spacial score (nSPS) is 11.7. The number of nitrogens with zero attached hydrogens (tertiary/aromatic N) is 1. The number of nitro benzene ring substituents is 1. The van der Waals surface area contributed by atoms with Gasteiger partial charge >= 0.3 is 5.97 Å². The molecule has 1 aromatic carbocycles. The molecule has 0 radical (unpaired) electrons. The molecule has 24 heavy (non-hydrogen) atoms. The molecule has 0 saturated carbocycles. The Hall–Kier alpha value is -2.44. The summed E-state index contributed by atoms with van der Waals surface area (Å²) >= 11 is 0. The standard InChI is InChI=1S/C17H24N2O5/c1-16(2,3)11-17(4,5)18-14(20)10-24-15(21)12-7-6-8-13(9-12)19(22)23/h6-9H,10-11H2,1-5H3,(H,18,20). The van der Waals surface area contributed by atoms with E-state index in [9.17, 15) is 19.7 Å². The Morgan fingerprint density at radius 2 is 1.83 bits per heavy atom. The third-order valence-electron chi connectivity index (χ3n) is 3.08. The van der Waals surface area contributed by atoms with Gasteiger partial charge in [-0.2, -0.15) is 0 Å². The van der Waals surface area contributed by atoms with E-state index >= 15 is 0 Å². The number of amides is 1. The van der Waals surface area contributed by atoms with Gasteiger partial charge in [-0.25, -0.2) is 4.79 Å². The van der Waals surface area contributed by atoms with Crippen molar-refractivity contribution >= 4 is 17.6 Å². The molecule has 0 bridgehead atoms. The van der Waals surface area contributed by atoms with E-state index < -0.39 is 28.9 Å². The highest BCUT2D eigenvalue weighted by atomic mass is 16.6. The number of nitro groups is 1. The molecule has 0 spiro atoms. The van der Waals surface area contributed by atoms with Crippen LogP contribution in [0.2, 0.25) is 0 Å². The molecule has 1 aromatic rings. The number of carbonyl (C=O) groups is 2. The van der Waals surface area contributed by atoms with E-state index in [1.165, 1.54) is 18.2 Å². The summed E-state index contributed by atoms with van der Waals surface area (Å²) in [6.45, 7) is 9.59. The van der Waals surface area contributed by atoms with Crippen LogP contribution in [0.4, 0.5) is 5.69 Å². The van der Waals surface area contributed by atoms with Crippen LogP contribution in [0.1, 0.15) is 51.4 Å². The fraction of sp³-hybridized carbons (Fsp3) is 0.529. The van der Waals surface area contributed by atoms with Crippen molar-refractivity contribution in [2.45, 2.75) is 46.6 Å². The van der Waals surface area contributed by atoms with Crippen molar-refractivity contribution in [2.75, 3.05) is 6.61 Å². The highest BCUT2D eigenvalue weighted by Gasteiger charge is 2.27. The Labute approximate surface area is 141 Å². The Morgan fingerprint density at radius 3 is 2.38 bits per heavy atom. The fourth-order valence-corrected chi connectivity index (χ4v) is 2.74. The predicted molar refractivity (Wildman–Crippen MR) is 89.7 cm³/mol. The first kappa shape index (κ1) is 19.6. The zero-order valence-corrected chi connectivity index (χ0v) is 14.7. The van der Waals surface area contributed by atoms with E-state index in [1.807, 2.05) is 13.8 Å². The lowest BCUT2D eigenvalue weighted by atomic mass is 9.82. The molecule has 0 aliphatic carbocycles. The zero-order chi connectivity index (χ0) is 18.5. The molecule has 132 valence electrons. The summed E-state index contributed by atoms with van der Waals surface area (Å²) in [4.78, 5) is 34.0. The van der Waals surface area contributed by atoms with E-state index in [2.05, 4.69) is 26.1 Å². The molecule has 0 heterocycles. The van der Waals surface area contributed by atoms with Gasteiger partial charge in [0.15, 0.2) is 6.61 Å². The SMILES string of the molecule is CC(C)(C)CC(C)(C)NC(=O)COC(=O)c1cccc([N+](=O)[O-])c1. The van der Waals surface area contributed by atoms with Crippen LogP contribution in [-0.2, 0) is 9.53 Å². The van der Waals surface area contributed by atoms with E-state index in [4.69, 9.17) is 4.74 Å². The maximum atomic E-state index is 12.0. The van der Waals surface area contributed by atoms with Gasteiger partial charge in [0.1, 0.15) is 0 Å². The molecule has 0 unspecified atom stereocenters. The second-order valence-electron chi connectivity index (χ2n) is 7.55. The van der Waals surface area contributed by atoms with Crippen LogP contribution < -0.4 is 5.32 Å². The summed E-state index contributed by atoms with van der Waals surface area (Å²) in [5.74, 6) is -1.19. The minimum absolute atomic E-state index is 0.0333. The molecule has 1 amide bonds. The van der Waals surface area contributed by atoms with Gasteiger partial charge in [-0.3, -0.25) is 14.9 Å². The van der Waals surface area contributed by atoms with Crippen molar-refractivity contribution < 1.29 is 19.2 Å². The third-order valence-corrected chi connectivity index (χ3v) is 3.08. The van der Waals surface area contributed by atoms with Crippen LogP contribution in [0.3, 0.4) is 0 Å². The van der Waals surface area contributed by atoms with E-state index in [1.54, 1.807) is 0 Å². The first-order chi connectivity index (χ1) is 10.9. The molecule has 1 rings (SSSR count). The highest BCUT2D eigenvalue weighted by molar-refractivity contribution is 5.92. The molecule has 0 fully saturated rings. The third kappa shape index (κ3) is 6.76. The Kier molecular flexibility index (Phi) is 6.06. The topological polar surface area (TPSA) is 98.5 Å². The van der Waals surface area contributed by atoms with Crippen molar-refractivity contribution in [3.63, 3.8) is 0 Å². The summed E-state index contributed by atoms with van der Waals surface area (Å²) in [5, 5.41) is 13.5. The Bertz CT molecular complexity index is 632. The van der Waals surface area contributed by atoms with Gasteiger partial charge in [0.2, 0.25) is 0 Å². The molecular weight excluding hydrogens is 312 g/mol. The molecule has 7 heteroatoms. The zero-order valence-electron chi connectivity index (χ0n) is 14.7.